The van der Waals surface area contributed by atoms with Crippen LogP contribution in [0.15, 0.2) is 41.2 Å². The largest absolute Gasteiger partial charge is 0.490 e. The third-order valence-corrected chi connectivity index (χ3v) is 4.90. The maximum atomic E-state index is 13.0. The number of aromatic nitrogens is 2. The Bertz CT molecular complexity index is 1070. The molecule has 5 nitrogen and oxygen atoms in total. The van der Waals surface area contributed by atoms with Crippen molar-refractivity contribution in [2.24, 2.45) is 0 Å². The van der Waals surface area contributed by atoms with Crippen molar-refractivity contribution in [2.45, 2.75) is 26.8 Å². The Labute approximate surface area is 167 Å². The second-order valence-corrected chi connectivity index (χ2v) is 6.73. The molecule has 3 rings (SSSR count). The van der Waals surface area contributed by atoms with Crippen LogP contribution in [0.3, 0.4) is 0 Å². The van der Waals surface area contributed by atoms with E-state index in [4.69, 9.17) is 33.3 Å². The SMILES string of the molecule is CCOc1cc2[nH]c(=S)n(CCc3ccccc3Cl)c(=O)c2cc1OCC. The number of halogens is 1. The van der Waals surface area contributed by atoms with Crippen molar-refractivity contribution < 1.29 is 9.47 Å². The van der Waals surface area contributed by atoms with E-state index in [0.717, 1.165) is 5.56 Å². The van der Waals surface area contributed by atoms with Crippen molar-refractivity contribution in [1.82, 2.24) is 9.55 Å². The summed E-state index contributed by atoms with van der Waals surface area (Å²) in [6.07, 6.45) is 0.609. The third kappa shape index (κ3) is 4.17. The van der Waals surface area contributed by atoms with Gasteiger partial charge in [-0.1, -0.05) is 29.8 Å². The van der Waals surface area contributed by atoms with Crippen LogP contribution in [-0.2, 0) is 13.0 Å². The van der Waals surface area contributed by atoms with Crippen LogP contribution in [0.4, 0.5) is 0 Å². The van der Waals surface area contributed by atoms with Gasteiger partial charge in [0.1, 0.15) is 0 Å². The molecule has 27 heavy (non-hydrogen) atoms. The lowest BCUT2D eigenvalue weighted by Gasteiger charge is -2.13. The zero-order chi connectivity index (χ0) is 19.4. The number of ether oxygens (including phenoxy) is 2. The average molecular weight is 405 g/mol. The van der Waals surface area contributed by atoms with E-state index in [1.54, 1.807) is 16.7 Å². The smallest absolute Gasteiger partial charge is 0.262 e. The number of nitrogens with zero attached hydrogens (tertiary/aromatic N) is 1. The highest BCUT2D eigenvalue weighted by atomic mass is 35.5. The Hall–Kier alpha value is -2.31. The predicted molar refractivity (Wildman–Crippen MR) is 111 cm³/mol. The number of hydrogen-bond donors (Lipinski definition) is 1. The zero-order valence-electron chi connectivity index (χ0n) is 15.3. The number of rotatable bonds is 7. The van der Waals surface area contributed by atoms with Crippen LogP contribution in [0.25, 0.3) is 10.9 Å². The first kappa shape index (κ1) is 19.5. The van der Waals surface area contributed by atoms with E-state index in [1.807, 2.05) is 38.1 Å². The van der Waals surface area contributed by atoms with E-state index >= 15 is 0 Å². The molecular weight excluding hydrogens is 384 g/mol. The highest BCUT2D eigenvalue weighted by Gasteiger charge is 2.13. The maximum Gasteiger partial charge on any atom is 0.262 e. The van der Waals surface area contributed by atoms with Gasteiger partial charge in [-0.25, -0.2) is 0 Å². The van der Waals surface area contributed by atoms with Crippen molar-refractivity contribution in [1.29, 1.82) is 0 Å². The minimum absolute atomic E-state index is 0.162. The van der Waals surface area contributed by atoms with E-state index in [2.05, 4.69) is 4.98 Å². The zero-order valence-corrected chi connectivity index (χ0v) is 16.8. The van der Waals surface area contributed by atoms with Crippen LogP contribution in [-0.4, -0.2) is 22.8 Å². The van der Waals surface area contributed by atoms with E-state index in [1.165, 1.54) is 0 Å². The van der Waals surface area contributed by atoms with Crippen LogP contribution in [0.5, 0.6) is 11.5 Å². The number of benzene rings is 2. The fourth-order valence-electron chi connectivity index (χ4n) is 2.93. The van der Waals surface area contributed by atoms with Crippen LogP contribution < -0.4 is 15.0 Å². The summed E-state index contributed by atoms with van der Waals surface area (Å²) in [5.41, 5.74) is 1.44. The molecule has 0 saturated carbocycles. The summed E-state index contributed by atoms with van der Waals surface area (Å²) in [6.45, 7) is 5.20. The molecule has 3 aromatic rings. The lowest BCUT2D eigenvalue weighted by Crippen LogP contribution is -2.23. The number of nitrogens with one attached hydrogen (secondary N) is 1. The van der Waals surface area contributed by atoms with E-state index in [0.29, 0.717) is 58.4 Å². The molecule has 0 aliphatic rings. The van der Waals surface area contributed by atoms with Crippen LogP contribution >= 0.6 is 23.8 Å². The number of aromatic amines is 1. The normalized spacial score (nSPS) is 10.9. The second kappa shape index (κ2) is 8.59. The Morgan fingerprint density at radius 1 is 1.11 bits per heavy atom. The van der Waals surface area contributed by atoms with Crippen molar-refractivity contribution in [2.75, 3.05) is 13.2 Å². The Balaban J connectivity index is 2.04. The molecular formula is C20H21ClN2O3S. The van der Waals surface area contributed by atoms with Gasteiger partial charge in [0.2, 0.25) is 0 Å². The average Bonchev–Trinajstić information content (AvgIpc) is 2.64. The van der Waals surface area contributed by atoms with Crippen LogP contribution in [0, 0.1) is 4.77 Å². The maximum absolute atomic E-state index is 13.0. The highest BCUT2D eigenvalue weighted by molar-refractivity contribution is 7.71. The Morgan fingerprint density at radius 3 is 2.44 bits per heavy atom. The molecule has 0 fully saturated rings. The molecule has 1 N–H and O–H groups in total. The third-order valence-electron chi connectivity index (χ3n) is 4.21. The van der Waals surface area contributed by atoms with Gasteiger partial charge in [0.05, 0.1) is 24.1 Å². The molecule has 0 saturated heterocycles. The summed E-state index contributed by atoms with van der Waals surface area (Å²) in [6, 6.07) is 11.1. The molecule has 0 amide bonds. The van der Waals surface area contributed by atoms with Gasteiger partial charge in [0, 0.05) is 17.6 Å². The van der Waals surface area contributed by atoms with Gasteiger partial charge in [-0.2, -0.15) is 0 Å². The fraction of sp³-hybridized carbons (Fsp3) is 0.300. The minimum Gasteiger partial charge on any atom is -0.490 e. The summed E-state index contributed by atoms with van der Waals surface area (Å²) >= 11 is 11.6. The van der Waals surface area contributed by atoms with Crippen molar-refractivity contribution in [3.8, 4) is 11.5 Å². The molecule has 0 aliphatic heterocycles. The molecule has 0 spiro atoms. The molecule has 1 heterocycles. The van der Waals surface area contributed by atoms with Gasteiger partial charge in [-0.15, -0.1) is 0 Å². The lowest BCUT2D eigenvalue weighted by molar-refractivity contribution is 0.288. The molecule has 142 valence electrons. The molecule has 0 unspecified atom stereocenters. The minimum atomic E-state index is -0.162. The lowest BCUT2D eigenvalue weighted by atomic mass is 10.1. The first-order valence-corrected chi connectivity index (χ1v) is 9.63. The quantitative estimate of drug-likeness (QED) is 0.577. The second-order valence-electron chi connectivity index (χ2n) is 5.94. The number of aryl methyl sites for hydroxylation is 1. The summed E-state index contributed by atoms with van der Waals surface area (Å²) in [5, 5.41) is 1.19. The van der Waals surface area contributed by atoms with Gasteiger partial charge in [-0.3, -0.25) is 9.36 Å². The van der Waals surface area contributed by atoms with Gasteiger partial charge in [0.25, 0.3) is 5.56 Å². The molecule has 0 bridgehead atoms. The Morgan fingerprint density at radius 2 is 1.78 bits per heavy atom. The fourth-order valence-corrected chi connectivity index (χ4v) is 3.45. The van der Waals surface area contributed by atoms with E-state index in [9.17, 15) is 4.79 Å². The van der Waals surface area contributed by atoms with E-state index in [-0.39, 0.29) is 5.56 Å². The highest BCUT2D eigenvalue weighted by Crippen LogP contribution is 2.30. The van der Waals surface area contributed by atoms with Gasteiger partial charge in [0.15, 0.2) is 16.3 Å². The topological polar surface area (TPSA) is 56.2 Å². The van der Waals surface area contributed by atoms with Crippen molar-refractivity contribution in [3.05, 3.63) is 62.1 Å². The number of hydrogen-bond acceptors (Lipinski definition) is 4. The molecule has 1 aromatic heterocycles. The van der Waals surface area contributed by atoms with Gasteiger partial charge >= 0.3 is 0 Å². The van der Waals surface area contributed by atoms with Crippen LogP contribution in [0.2, 0.25) is 5.02 Å². The monoisotopic (exact) mass is 404 g/mol. The first-order valence-electron chi connectivity index (χ1n) is 8.85. The van der Waals surface area contributed by atoms with Crippen molar-refractivity contribution >= 4 is 34.7 Å². The summed E-state index contributed by atoms with van der Waals surface area (Å²) in [7, 11) is 0. The van der Waals surface area contributed by atoms with E-state index < -0.39 is 0 Å². The Kier molecular flexibility index (Phi) is 6.19. The molecule has 0 radical (unpaired) electrons. The summed E-state index contributed by atoms with van der Waals surface area (Å²) in [5.74, 6) is 1.14. The molecule has 0 atom stereocenters. The van der Waals surface area contributed by atoms with Crippen molar-refractivity contribution in [3.63, 3.8) is 0 Å². The molecule has 7 heteroatoms. The predicted octanol–water partition coefficient (Wildman–Crippen LogP) is 4.75. The standard InChI is InChI=1S/C20H21ClN2O3S/c1-3-25-17-11-14-16(12-18(17)26-4-2)22-20(27)23(19(14)24)10-9-13-7-5-6-8-15(13)21/h5-8,11-12H,3-4,9-10H2,1-2H3,(H,22,27). The number of H-pyrrole nitrogens is 1. The molecule has 2 aromatic carbocycles. The summed E-state index contributed by atoms with van der Waals surface area (Å²) in [4.78, 5) is 16.2. The van der Waals surface area contributed by atoms with Gasteiger partial charge < -0.3 is 14.5 Å². The van der Waals surface area contributed by atoms with Gasteiger partial charge in [-0.05, 0) is 50.2 Å². The molecule has 0 aliphatic carbocycles. The van der Waals surface area contributed by atoms with Crippen LogP contribution in [0.1, 0.15) is 19.4 Å². The summed E-state index contributed by atoms with van der Waals surface area (Å²) < 4.78 is 13.2. The number of fused-ring (bicyclic) bond motifs is 1. The first-order chi connectivity index (χ1) is 13.0.